The molecule has 1 fully saturated rings. The molecule has 1 aliphatic heterocycles. The maximum absolute atomic E-state index is 12.1. The number of hydrogen-bond acceptors (Lipinski definition) is 2. The second-order valence-electron chi connectivity index (χ2n) is 5.53. The van der Waals surface area contributed by atoms with Crippen molar-refractivity contribution in [1.82, 2.24) is 4.90 Å². The molecule has 0 spiro atoms. The van der Waals surface area contributed by atoms with Crippen molar-refractivity contribution in [3.63, 3.8) is 0 Å². The smallest absolute Gasteiger partial charge is 0.246 e. The Morgan fingerprint density at radius 1 is 1.26 bits per heavy atom. The van der Waals surface area contributed by atoms with Crippen molar-refractivity contribution in [3.05, 3.63) is 35.9 Å². The van der Waals surface area contributed by atoms with Gasteiger partial charge >= 0.3 is 0 Å². The molecule has 1 aromatic carbocycles. The van der Waals surface area contributed by atoms with E-state index in [1.807, 2.05) is 35.2 Å². The average molecular weight is 258 g/mol. The van der Waals surface area contributed by atoms with Gasteiger partial charge in [-0.15, -0.1) is 0 Å². The van der Waals surface area contributed by atoms with Crippen LogP contribution in [0.1, 0.15) is 25.8 Å². The Labute approximate surface area is 115 Å². The van der Waals surface area contributed by atoms with Crippen LogP contribution in [0, 0.1) is 11.8 Å². The molecule has 3 nitrogen and oxygen atoms in total. The molecule has 0 radical (unpaired) electrons. The summed E-state index contributed by atoms with van der Waals surface area (Å²) < 4.78 is 0. The first kappa shape index (κ1) is 13.7. The number of nitrogen functional groups attached to an aromatic ring is 1. The lowest BCUT2D eigenvalue weighted by molar-refractivity contribution is -0.128. The number of carbonyl (C=O) groups excluding carboxylic acids is 1. The molecule has 19 heavy (non-hydrogen) atoms. The van der Waals surface area contributed by atoms with Gasteiger partial charge in [-0.1, -0.05) is 26.0 Å². The van der Waals surface area contributed by atoms with Gasteiger partial charge in [-0.05, 0) is 42.0 Å². The zero-order valence-corrected chi connectivity index (χ0v) is 11.7. The van der Waals surface area contributed by atoms with Crippen LogP contribution in [-0.4, -0.2) is 23.9 Å². The number of nitrogens with zero attached hydrogens (tertiary/aromatic N) is 1. The van der Waals surface area contributed by atoms with E-state index in [1.54, 1.807) is 6.08 Å². The van der Waals surface area contributed by atoms with E-state index in [9.17, 15) is 4.79 Å². The van der Waals surface area contributed by atoms with Crippen LogP contribution in [0.15, 0.2) is 30.3 Å². The predicted octanol–water partition coefficient (Wildman–Crippen LogP) is 2.79. The lowest BCUT2D eigenvalue weighted by atomic mass is 9.88. The molecule has 0 aromatic heterocycles. The Kier molecular flexibility index (Phi) is 4.25. The molecule has 102 valence electrons. The summed E-state index contributed by atoms with van der Waals surface area (Å²) >= 11 is 0. The number of carbonyl (C=O) groups is 1. The van der Waals surface area contributed by atoms with E-state index in [0.29, 0.717) is 11.8 Å². The summed E-state index contributed by atoms with van der Waals surface area (Å²) in [4.78, 5) is 14.0. The van der Waals surface area contributed by atoms with Crippen molar-refractivity contribution in [2.75, 3.05) is 18.8 Å². The monoisotopic (exact) mass is 258 g/mol. The average Bonchev–Trinajstić information content (AvgIpc) is 2.41. The third-order valence-electron chi connectivity index (χ3n) is 4.00. The Morgan fingerprint density at radius 2 is 1.95 bits per heavy atom. The van der Waals surface area contributed by atoms with E-state index in [0.717, 1.165) is 30.8 Å². The van der Waals surface area contributed by atoms with Crippen LogP contribution < -0.4 is 5.73 Å². The van der Waals surface area contributed by atoms with Crippen molar-refractivity contribution in [2.24, 2.45) is 11.8 Å². The Morgan fingerprint density at radius 3 is 2.58 bits per heavy atom. The van der Waals surface area contributed by atoms with E-state index >= 15 is 0 Å². The van der Waals surface area contributed by atoms with Gasteiger partial charge in [-0.3, -0.25) is 4.79 Å². The topological polar surface area (TPSA) is 46.3 Å². The lowest BCUT2D eigenvalue weighted by Gasteiger charge is -2.34. The van der Waals surface area contributed by atoms with Crippen LogP contribution in [0.3, 0.4) is 0 Å². The summed E-state index contributed by atoms with van der Waals surface area (Å²) in [6, 6.07) is 7.52. The lowest BCUT2D eigenvalue weighted by Crippen LogP contribution is -2.41. The van der Waals surface area contributed by atoms with Crippen LogP contribution in [0.4, 0.5) is 5.69 Å². The summed E-state index contributed by atoms with van der Waals surface area (Å²) in [6.45, 7) is 6.22. The standard InChI is InChI=1S/C16H22N2O/c1-12-9-10-18(11-13(12)2)16(19)8-5-14-3-6-15(17)7-4-14/h3-8,12-13H,9-11,17H2,1-2H3/b8-5+. The summed E-state index contributed by atoms with van der Waals surface area (Å²) in [6.07, 6.45) is 4.61. The van der Waals surface area contributed by atoms with E-state index in [4.69, 9.17) is 5.73 Å². The highest BCUT2D eigenvalue weighted by Crippen LogP contribution is 2.22. The van der Waals surface area contributed by atoms with Crippen molar-refractivity contribution in [1.29, 1.82) is 0 Å². The van der Waals surface area contributed by atoms with Gasteiger partial charge in [0.25, 0.3) is 0 Å². The molecule has 1 amide bonds. The number of benzene rings is 1. The van der Waals surface area contributed by atoms with Gasteiger partial charge in [-0.25, -0.2) is 0 Å². The van der Waals surface area contributed by atoms with Gasteiger partial charge in [0.1, 0.15) is 0 Å². The van der Waals surface area contributed by atoms with E-state index in [1.165, 1.54) is 0 Å². The first-order valence-corrected chi connectivity index (χ1v) is 6.89. The van der Waals surface area contributed by atoms with Gasteiger partial charge in [-0.2, -0.15) is 0 Å². The van der Waals surface area contributed by atoms with Crippen LogP contribution in [-0.2, 0) is 4.79 Å². The number of anilines is 1. The number of hydrogen-bond donors (Lipinski definition) is 1. The third-order valence-corrected chi connectivity index (χ3v) is 4.00. The number of nitrogens with two attached hydrogens (primary N) is 1. The van der Waals surface area contributed by atoms with Gasteiger partial charge in [0.15, 0.2) is 0 Å². The molecule has 3 heteroatoms. The van der Waals surface area contributed by atoms with Gasteiger partial charge in [0.2, 0.25) is 5.91 Å². The highest BCUT2D eigenvalue weighted by molar-refractivity contribution is 5.91. The quantitative estimate of drug-likeness (QED) is 0.655. The first-order valence-electron chi connectivity index (χ1n) is 6.89. The molecule has 1 aliphatic rings. The highest BCUT2D eigenvalue weighted by atomic mass is 16.2. The molecule has 1 saturated heterocycles. The van der Waals surface area contributed by atoms with Crippen LogP contribution in [0.25, 0.3) is 6.08 Å². The molecule has 0 aliphatic carbocycles. The number of piperidine rings is 1. The zero-order chi connectivity index (χ0) is 13.8. The largest absolute Gasteiger partial charge is 0.399 e. The fraction of sp³-hybridized carbons (Fsp3) is 0.438. The predicted molar refractivity (Wildman–Crippen MR) is 79.4 cm³/mol. The molecule has 1 heterocycles. The van der Waals surface area contributed by atoms with E-state index in [-0.39, 0.29) is 5.91 Å². The third kappa shape index (κ3) is 3.60. The SMILES string of the molecule is CC1CCN(C(=O)/C=C/c2ccc(N)cc2)CC1C. The van der Waals surface area contributed by atoms with E-state index < -0.39 is 0 Å². The maximum Gasteiger partial charge on any atom is 0.246 e. The van der Waals surface area contributed by atoms with E-state index in [2.05, 4.69) is 13.8 Å². The molecular formula is C16H22N2O. The summed E-state index contributed by atoms with van der Waals surface area (Å²) in [5.41, 5.74) is 7.37. The highest BCUT2D eigenvalue weighted by Gasteiger charge is 2.24. The first-order chi connectivity index (χ1) is 9.06. The van der Waals surface area contributed by atoms with Crippen LogP contribution in [0.2, 0.25) is 0 Å². The van der Waals surface area contributed by atoms with Crippen molar-refractivity contribution in [3.8, 4) is 0 Å². The molecule has 2 N–H and O–H groups in total. The molecule has 2 rings (SSSR count). The molecule has 0 bridgehead atoms. The van der Waals surface area contributed by atoms with Crippen molar-refractivity contribution in [2.45, 2.75) is 20.3 Å². The molecule has 2 unspecified atom stereocenters. The number of rotatable bonds is 2. The van der Waals surface area contributed by atoms with Gasteiger partial charge in [0, 0.05) is 24.9 Å². The summed E-state index contributed by atoms with van der Waals surface area (Å²) in [7, 11) is 0. The second-order valence-corrected chi connectivity index (χ2v) is 5.53. The maximum atomic E-state index is 12.1. The fourth-order valence-corrected chi connectivity index (χ4v) is 2.34. The zero-order valence-electron chi connectivity index (χ0n) is 11.7. The minimum atomic E-state index is 0.107. The number of likely N-dealkylation sites (tertiary alicyclic amines) is 1. The molecule has 1 aromatic rings. The van der Waals surface area contributed by atoms with Gasteiger partial charge < -0.3 is 10.6 Å². The summed E-state index contributed by atoms with van der Waals surface area (Å²) in [5.74, 6) is 1.41. The van der Waals surface area contributed by atoms with Crippen LogP contribution in [0.5, 0.6) is 0 Å². The molecule has 2 atom stereocenters. The Balaban J connectivity index is 1.95. The summed E-state index contributed by atoms with van der Waals surface area (Å²) in [5, 5.41) is 0. The normalized spacial score (nSPS) is 23.8. The Hall–Kier alpha value is -1.77. The fourth-order valence-electron chi connectivity index (χ4n) is 2.34. The molecular weight excluding hydrogens is 236 g/mol. The minimum Gasteiger partial charge on any atom is -0.399 e. The van der Waals surface area contributed by atoms with Crippen molar-refractivity contribution >= 4 is 17.7 Å². The van der Waals surface area contributed by atoms with Crippen molar-refractivity contribution < 1.29 is 4.79 Å². The van der Waals surface area contributed by atoms with Gasteiger partial charge in [0.05, 0.1) is 0 Å². The van der Waals surface area contributed by atoms with Crippen LogP contribution >= 0.6 is 0 Å². The number of amides is 1. The molecule has 0 saturated carbocycles. The minimum absolute atomic E-state index is 0.107. The Bertz CT molecular complexity index is 464. The second kappa shape index (κ2) is 5.91.